The van der Waals surface area contributed by atoms with Gasteiger partial charge in [0.1, 0.15) is 0 Å². The molecule has 0 aromatic carbocycles. The average molecular weight is 292 g/mol. The van der Waals surface area contributed by atoms with Gasteiger partial charge >= 0.3 is 7.75 Å². The Bertz CT molecular complexity index is 239. The minimum absolute atomic E-state index is 0.161. The molecule has 0 heterocycles. The van der Waals surface area contributed by atoms with Crippen molar-refractivity contribution in [3.05, 3.63) is 0 Å². The van der Waals surface area contributed by atoms with Gasteiger partial charge in [0.2, 0.25) is 0 Å². The molecule has 0 aliphatic carbocycles. The van der Waals surface area contributed by atoms with Crippen molar-refractivity contribution in [2.24, 2.45) is 5.41 Å². The second kappa shape index (κ2) is 7.20. The predicted molar refractivity (Wildman–Crippen MR) is 68.2 cm³/mol. The van der Waals surface area contributed by atoms with Gasteiger partial charge in [-0.3, -0.25) is 4.52 Å². The summed E-state index contributed by atoms with van der Waals surface area (Å²) in [6.07, 6.45) is 0. The fourth-order valence-electron chi connectivity index (χ4n) is 0.919. The Morgan fingerprint density at radius 2 is 1.69 bits per heavy atom. The third kappa shape index (κ3) is 7.10. The largest absolute Gasteiger partial charge is 0.405 e. The molecule has 0 saturated heterocycles. The molecule has 0 bridgehead atoms. The summed E-state index contributed by atoms with van der Waals surface area (Å²) in [7, 11) is -3.77. The first-order valence-corrected chi connectivity index (χ1v) is 7.67. The molecule has 0 aromatic heterocycles. The maximum atomic E-state index is 11.9. The van der Waals surface area contributed by atoms with Crippen molar-refractivity contribution < 1.29 is 14.0 Å². The molecule has 0 fully saturated rings. The summed E-state index contributed by atoms with van der Waals surface area (Å²) in [5.41, 5.74) is -0.161. The number of hydrogen-bond acceptors (Lipinski definition) is 2. The highest BCUT2D eigenvalue weighted by atomic mass is 35.5. The van der Waals surface area contributed by atoms with E-state index in [9.17, 15) is 9.46 Å². The van der Waals surface area contributed by atoms with Crippen LogP contribution in [0.15, 0.2) is 0 Å². The normalized spacial score (nSPS) is 16.4. The molecule has 0 aliphatic rings. The number of halogens is 2. The van der Waals surface area contributed by atoms with Crippen molar-refractivity contribution in [3.63, 3.8) is 0 Å². The van der Waals surface area contributed by atoms with E-state index in [1.54, 1.807) is 0 Å². The molecule has 1 N–H and O–H groups in total. The van der Waals surface area contributed by atoms with Crippen molar-refractivity contribution in [1.82, 2.24) is 4.67 Å². The van der Waals surface area contributed by atoms with Crippen LogP contribution >= 0.6 is 30.9 Å². The Balaban J connectivity index is 4.40. The zero-order valence-electron chi connectivity index (χ0n) is 9.95. The highest BCUT2D eigenvalue weighted by Gasteiger charge is 2.30. The molecule has 1 atom stereocenters. The lowest BCUT2D eigenvalue weighted by atomic mass is 9.99. The van der Waals surface area contributed by atoms with Gasteiger partial charge in [0.25, 0.3) is 0 Å². The third-order valence-electron chi connectivity index (χ3n) is 1.71. The minimum atomic E-state index is -3.77. The van der Waals surface area contributed by atoms with Crippen LogP contribution in [0.2, 0.25) is 0 Å². The molecule has 98 valence electrons. The van der Waals surface area contributed by atoms with Crippen LogP contribution in [0.1, 0.15) is 20.8 Å². The zero-order chi connectivity index (χ0) is 12.8. The smallest absolute Gasteiger partial charge is 0.312 e. The first-order valence-electron chi connectivity index (χ1n) is 5.07. The summed E-state index contributed by atoms with van der Waals surface area (Å²) >= 11 is 11.1. The van der Waals surface area contributed by atoms with Gasteiger partial charge in [0, 0.05) is 24.8 Å². The first kappa shape index (κ1) is 16.7. The fourth-order valence-corrected chi connectivity index (χ4v) is 2.99. The van der Waals surface area contributed by atoms with E-state index in [2.05, 4.69) is 0 Å². The summed E-state index contributed by atoms with van der Waals surface area (Å²) in [6.45, 7) is 6.57. The molecule has 0 radical (unpaired) electrons. The van der Waals surface area contributed by atoms with E-state index >= 15 is 0 Å². The van der Waals surface area contributed by atoms with Crippen LogP contribution in [0.25, 0.3) is 0 Å². The summed E-state index contributed by atoms with van der Waals surface area (Å²) in [5.74, 6) is 0.528. The van der Waals surface area contributed by atoms with Crippen LogP contribution in [0, 0.1) is 5.41 Å². The van der Waals surface area contributed by atoms with Crippen molar-refractivity contribution in [2.75, 3.05) is 31.5 Å². The standard InChI is InChI=1S/C9H20Cl2NO3P/c1-9(2,3)8-15-16(13,14)12(6-4-10)7-5-11/h4-8H2,1-3H3,(H,13,14). The van der Waals surface area contributed by atoms with Crippen LogP contribution in [0.4, 0.5) is 0 Å². The van der Waals surface area contributed by atoms with Gasteiger partial charge in [-0.25, -0.2) is 9.24 Å². The van der Waals surface area contributed by atoms with Crippen molar-refractivity contribution >= 4 is 30.9 Å². The Hall–Kier alpha value is 0.690. The van der Waals surface area contributed by atoms with E-state index in [1.807, 2.05) is 20.8 Å². The van der Waals surface area contributed by atoms with E-state index in [4.69, 9.17) is 27.7 Å². The monoisotopic (exact) mass is 291 g/mol. The lowest BCUT2D eigenvalue weighted by Gasteiger charge is -2.27. The second-order valence-electron chi connectivity index (χ2n) is 4.66. The molecule has 0 spiro atoms. The minimum Gasteiger partial charge on any atom is -0.312 e. The number of alkyl halides is 2. The van der Waals surface area contributed by atoms with E-state index in [1.165, 1.54) is 4.67 Å². The van der Waals surface area contributed by atoms with Crippen LogP contribution in [-0.2, 0) is 9.09 Å². The molecule has 0 rings (SSSR count). The van der Waals surface area contributed by atoms with Crippen LogP contribution < -0.4 is 0 Å². The van der Waals surface area contributed by atoms with E-state index in [0.717, 1.165) is 0 Å². The SMILES string of the molecule is CC(C)(C)COP(=O)(O)N(CCCl)CCCl. The maximum Gasteiger partial charge on any atom is 0.405 e. The molecule has 7 heteroatoms. The molecule has 16 heavy (non-hydrogen) atoms. The number of rotatable bonds is 7. The Labute approximate surface area is 107 Å². The molecule has 0 aromatic rings. The van der Waals surface area contributed by atoms with Crippen LogP contribution in [-0.4, -0.2) is 41.0 Å². The Morgan fingerprint density at radius 1 is 1.25 bits per heavy atom. The molecule has 1 unspecified atom stereocenters. The van der Waals surface area contributed by atoms with Crippen LogP contribution in [0.3, 0.4) is 0 Å². The third-order valence-corrected chi connectivity index (χ3v) is 3.63. The van der Waals surface area contributed by atoms with Crippen molar-refractivity contribution in [3.8, 4) is 0 Å². The lowest BCUT2D eigenvalue weighted by Crippen LogP contribution is -2.27. The van der Waals surface area contributed by atoms with Gasteiger partial charge in [0.15, 0.2) is 0 Å². The van der Waals surface area contributed by atoms with Crippen molar-refractivity contribution in [1.29, 1.82) is 0 Å². The van der Waals surface area contributed by atoms with E-state index in [0.29, 0.717) is 0 Å². The van der Waals surface area contributed by atoms with Crippen LogP contribution in [0.5, 0.6) is 0 Å². The van der Waals surface area contributed by atoms with Gasteiger partial charge in [-0.05, 0) is 5.41 Å². The quantitative estimate of drug-likeness (QED) is 0.579. The van der Waals surface area contributed by atoms with Gasteiger partial charge in [-0.15, -0.1) is 23.2 Å². The lowest BCUT2D eigenvalue weighted by molar-refractivity contribution is 0.147. The Morgan fingerprint density at radius 3 is 2.00 bits per heavy atom. The molecular weight excluding hydrogens is 272 g/mol. The molecule has 0 saturated carbocycles. The first-order chi connectivity index (χ1) is 7.23. The van der Waals surface area contributed by atoms with Crippen molar-refractivity contribution in [2.45, 2.75) is 20.8 Å². The number of hydrogen-bond donors (Lipinski definition) is 1. The molecule has 0 aliphatic heterocycles. The van der Waals surface area contributed by atoms with Gasteiger partial charge in [0.05, 0.1) is 6.61 Å². The van der Waals surface area contributed by atoms with E-state index < -0.39 is 7.75 Å². The highest BCUT2D eigenvalue weighted by molar-refractivity contribution is 7.50. The summed E-state index contributed by atoms with van der Waals surface area (Å²) in [6, 6.07) is 0. The summed E-state index contributed by atoms with van der Waals surface area (Å²) in [5, 5.41) is 0. The Kier molecular flexibility index (Phi) is 7.51. The van der Waals surface area contributed by atoms with Gasteiger partial charge in [-0.1, -0.05) is 20.8 Å². The number of nitrogens with zero attached hydrogens (tertiary/aromatic N) is 1. The average Bonchev–Trinajstić information content (AvgIpc) is 2.14. The highest BCUT2D eigenvalue weighted by Crippen LogP contribution is 2.47. The summed E-state index contributed by atoms with van der Waals surface area (Å²) in [4.78, 5) is 9.74. The topological polar surface area (TPSA) is 49.8 Å². The van der Waals surface area contributed by atoms with Gasteiger partial charge in [-0.2, -0.15) is 0 Å². The fraction of sp³-hybridized carbons (Fsp3) is 1.00. The predicted octanol–water partition coefficient (Wildman–Crippen LogP) is 2.93. The summed E-state index contributed by atoms with van der Waals surface area (Å²) < 4.78 is 18.3. The maximum absolute atomic E-state index is 11.9. The molecule has 0 amide bonds. The van der Waals surface area contributed by atoms with Gasteiger partial charge < -0.3 is 4.89 Å². The van der Waals surface area contributed by atoms with E-state index in [-0.39, 0.29) is 36.9 Å². The second-order valence-corrected chi connectivity index (χ2v) is 7.22. The zero-order valence-corrected chi connectivity index (χ0v) is 12.4. The molecule has 4 nitrogen and oxygen atoms in total. The molecular formula is C9H20Cl2NO3P.